The number of benzene rings is 1. The van der Waals surface area contributed by atoms with E-state index < -0.39 is 31.1 Å². The number of nitrogens with one attached hydrogen (secondary N) is 3. The molecule has 1 heterocycles. The smallest absolute Gasteiger partial charge is 0.304 e. The Hall–Kier alpha value is -2.15. The molecule has 2 fully saturated rings. The zero-order valence-corrected chi connectivity index (χ0v) is 13.5. The van der Waals surface area contributed by atoms with Gasteiger partial charge in [0.15, 0.2) is 6.29 Å². The van der Waals surface area contributed by atoms with Crippen molar-refractivity contribution in [3.8, 4) is 0 Å². The number of imide groups is 1. The van der Waals surface area contributed by atoms with Gasteiger partial charge in [-0.2, -0.15) is 0 Å². The topological polar surface area (TPSA) is 73.5 Å². The molecule has 6 nitrogen and oxygen atoms in total. The van der Waals surface area contributed by atoms with Crippen molar-refractivity contribution in [3.05, 3.63) is 35.9 Å². The van der Waals surface area contributed by atoms with E-state index in [4.69, 9.17) is 0 Å². The van der Waals surface area contributed by atoms with Crippen molar-refractivity contribution < 1.29 is 14.0 Å². The molecule has 1 aromatic carbocycles. The fraction of sp³-hybridized carbons (Fsp3) is 0.529. The third-order valence-corrected chi connectivity index (χ3v) is 4.64. The summed E-state index contributed by atoms with van der Waals surface area (Å²) in [5.41, 5.74) is 0.762. The van der Waals surface area contributed by atoms with E-state index in [0.29, 0.717) is 0 Å². The van der Waals surface area contributed by atoms with Crippen LogP contribution in [-0.4, -0.2) is 36.0 Å². The highest BCUT2D eigenvalue weighted by atomic mass is 19.1. The summed E-state index contributed by atoms with van der Waals surface area (Å²) in [6.07, 6.45) is 4.10. The number of carbonyl (C=O) groups excluding carboxylic acids is 2. The predicted molar refractivity (Wildman–Crippen MR) is 87.9 cm³/mol. The Morgan fingerprint density at radius 3 is 2.29 bits per heavy atom. The zero-order chi connectivity index (χ0) is 16.9. The third-order valence-electron chi connectivity index (χ3n) is 4.64. The van der Waals surface area contributed by atoms with Gasteiger partial charge in [0, 0.05) is 6.04 Å². The van der Waals surface area contributed by atoms with Crippen molar-refractivity contribution in [1.82, 2.24) is 20.9 Å². The normalized spacial score (nSPS) is 21.3. The first-order chi connectivity index (χ1) is 11.7. The van der Waals surface area contributed by atoms with Crippen LogP contribution >= 0.6 is 0 Å². The molecular formula is C17H23FN4O2. The Bertz CT molecular complexity index is 559. The number of rotatable bonds is 5. The molecule has 3 N–H and O–H groups in total. The summed E-state index contributed by atoms with van der Waals surface area (Å²) in [5, 5.41) is 8.35. The minimum atomic E-state index is -0.786. The molecule has 1 saturated heterocycles. The Balaban J connectivity index is 1.63. The molecule has 130 valence electrons. The maximum atomic E-state index is 13.4. The van der Waals surface area contributed by atoms with E-state index in [1.165, 1.54) is 4.90 Å². The molecule has 7 heteroatoms. The molecule has 3 rings (SSSR count). The van der Waals surface area contributed by atoms with Crippen LogP contribution in [0.2, 0.25) is 0 Å². The molecule has 1 aromatic rings. The van der Waals surface area contributed by atoms with Gasteiger partial charge in [-0.1, -0.05) is 49.6 Å². The van der Waals surface area contributed by atoms with Crippen LogP contribution in [-0.2, 0) is 0 Å². The van der Waals surface area contributed by atoms with Gasteiger partial charge in [-0.3, -0.25) is 5.32 Å². The van der Waals surface area contributed by atoms with Gasteiger partial charge in [0.25, 0.3) is 0 Å². The van der Waals surface area contributed by atoms with E-state index in [1.807, 2.05) is 18.2 Å². The van der Waals surface area contributed by atoms with Crippen molar-refractivity contribution in [2.75, 3.05) is 6.67 Å². The molecule has 1 aliphatic heterocycles. The predicted octanol–water partition coefficient (Wildman–Crippen LogP) is 2.64. The number of hydrogen-bond donors (Lipinski definition) is 3. The number of urea groups is 2. The summed E-state index contributed by atoms with van der Waals surface area (Å²) in [6.45, 7) is -0.640. The van der Waals surface area contributed by atoms with Crippen molar-refractivity contribution in [2.45, 2.75) is 50.5 Å². The van der Waals surface area contributed by atoms with Crippen molar-refractivity contribution in [3.63, 3.8) is 0 Å². The lowest BCUT2D eigenvalue weighted by Crippen LogP contribution is -2.70. The number of halogens is 1. The second kappa shape index (κ2) is 7.61. The van der Waals surface area contributed by atoms with Gasteiger partial charge >= 0.3 is 12.1 Å². The van der Waals surface area contributed by atoms with Gasteiger partial charge in [0.2, 0.25) is 0 Å². The van der Waals surface area contributed by atoms with E-state index >= 15 is 0 Å². The first kappa shape index (κ1) is 16.7. The maximum absolute atomic E-state index is 13.4. The SMILES string of the molecule is O=C1NC(NC(CF)c2ccccc2)NC(=O)N1C1CCCCC1. The molecular weight excluding hydrogens is 311 g/mol. The lowest BCUT2D eigenvalue weighted by molar-refractivity contribution is 0.128. The summed E-state index contributed by atoms with van der Waals surface area (Å²) in [7, 11) is 0. The number of alkyl halides is 1. The molecule has 4 amide bonds. The first-order valence-electron chi connectivity index (χ1n) is 8.46. The highest BCUT2D eigenvalue weighted by molar-refractivity contribution is 5.96. The minimum absolute atomic E-state index is 0.0502. The van der Waals surface area contributed by atoms with Gasteiger partial charge in [0.05, 0.1) is 6.04 Å². The summed E-state index contributed by atoms with van der Waals surface area (Å²) in [4.78, 5) is 26.0. The zero-order valence-electron chi connectivity index (χ0n) is 13.5. The van der Waals surface area contributed by atoms with Gasteiger partial charge in [-0.05, 0) is 18.4 Å². The van der Waals surface area contributed by atoms with Crippen LogP contribution in [0.3, 0.4) is 0 Å². The van der Waals surface area contributed by atoms with Crippen molar-refractivity contribution in [1.29, 1.82) is 0 Å². The van der Waals surface area contributed by atoms with Gasteiger partial charge < -0.3 is 10.6 Å². The van der Waals surface area contributed by atoms with Crippen LogP contribution in [0.15, 0.2) is 30.3 Å². The highest BCUT2D eigenvalue weighted by Gasteiger charge is 2.37. The van der Waals surface area contributed by atoms with Crippen LogP contribution in [0.5, 0.6) is 0 Å². The Morgan fingerprint density at radius 2 is 1.71 bits per heavy atom. The maximum Gasteiger partial charge on any atom is 0.328 e. The fourth-order valence-electron chi connectivity index (χ4n) is 3.38. The first-order valence-corrected chi connectivity index (χ1v) is 8.46. The van der Waals surface area contributed by atoms with E-state index in [-0.39, 0.29) is 6.04 Å². The Morgan fingerprint density at radius 1 is 1.08 bits per heavy atom. The van der Waals surface area contributed by atoms with E-state index in [0.717, 1.165) is 37.7 Å². The van der Waals surface area contributed by atoms with Gasteiger partial charge in [0.1, 0.15) is 6.67 Å². The number of hydrogen-bond acceptors (Lipinski definition) is 3. The van der Waals surface area contributed by atoms with Crippen LogP contribution in [0.25, 0.3) is 0 Å². The van der Waals surface area contributed by atoms with E-state index in [1.54, 1.807) is 12.1 Å². The average Bonchev–Trinajstić information content (AvgIpc) is 2.61. The van der Waals surface area contributed by atoms with Crippen LogP contribution in [0.1, 0.15) is 43.7 Å². The number of carbonyl (C=O) groups is 2. The fourth-order valence-corrected chi connectivity index (χ4v) is 3.38. The lowest BCUT2D eigenvalue weighted by atomic mass is 9.94. The number of nitrogens with zero attached hydrogens (tertiary/aromatic N) is 1. The molecule has 1 saturated carbocycles. The molecule has 24 heavy (non-hydrogen) atoms. The van der Waals surface area contributed by atoms with Crippen LogP contribution in [0.4, 0.5) is 14.0 Å². The summed E-state index contributed by atoms with van der Waals surface area (Å²) < 4.78 is 13.4. The average molecular weight is 334 g/mol. The van der Waals surface area contributed by atoms with Crippen molar-refractivity contribution >= 4 is 12.1 Å². The summed E-state index contributed by atoms with van der Waals surface area (Å²) >= 11 is 0. The van der Waals surface area contributed by atoms with E-state index in [2.05, 4.69) is 16.0 Å². The molecule has 0 bridgehead atoms. The molecule has 1 aliphatic carbocycles. The molecule has 1 unspecified atom stereocenters. The van der Waals surface area contributed by atoms with Crippen molar-refractivity contribution in [2.24, 2.45) is 0 Å². The lowest BCUT2D eigenvalue weighted by Gasteiger charge is -2.39. The molecule has 2 aliphatic rings. The van der Waals surface area contributed by atoms with Gasteiger partial charge in [-0.15, -0.1) is 0 Å². The Kier molecular flexibility index (Phi) is 5.30. The number of amides is 4. The van der Waals surface area contributed by atoms with E-state index in [9.17, 15) is 14.0 Å². The minimum Gasteiger partial charge on any atom is -0.304 e. The second-order valence-corrected chi connectivity index (χ2v) is 6.28. The van der Waals surface area contributed by atoms with Crippen LogP contribution in [0, 0.1) is 0 Å². The van der Waals surface area contributed by atoms with Crippen LogP contribution < -0.4 is 16.0 Å². The monoisotopic (exact) mass is 334 g/mol. The second-order valence-electron chi connectivity index (χ2n) is 6.28. The summed E-state index contributed by atoms with van der Waals surface area (Å²) in [5.74, 6) is 0. The summed E-state index contributed by atoms with van der Waals surface area (Å²) in [6, 6.07) is 7.61. The third kappa shape index (κ3) is 3.67. The molecule has 1 atom stereocenters. The standard InChI is InChI=1S/C17H23FN4O2/c18-11-14(12-7-3-1-4-8-12)19-15-20-16(23)22(17(24)21-15)13-9-5-2-6-10-13/h1,3-4,7-8,13-15,19H,2,5-6,9-11H2,(H,20,23)(H,21,24). The highest BCUT2D eigenvalue weighted by Crippen LogP contribution is 2.24. The quantitative estimate of drug-likeness (QED) is 0.775. The molecule has 0 aromatic heterocycles. The largest absolute Gasteiger partial charge is 0.328 e. The molecule has 0 spiro atoms. The van der Waals surface area contributed by atoms with Gasteiger partial charge in [-0.25, -0.2) is 18.9 Å². The Labute approximate surface area is 140 Å². The molecule has 0 radical (unpaired) electrons.